The third kappa shape index (κ3) is 8.76. The van der Waals surface area contributed by atoms with E-state index in [-0.39, 0.29) is 30.5 Å². The number of rotatable bonds is 12. The van der Waals surface area contributed by atoms with Gasteiger partial charge in [0.05, 0.1) is 11.0 Å². The van der Waals surface area contributed by atoms with Gasteiger partial charge < -0.3 is 32.7 Å². The van der Waals surface area contributed by atoms with E-state index in [0.29, 0.717) is 31.5 Å². The van der Waals surface area contributed by atoms with Crippen molar-refractivity contribution in [3.8, 4) is 0 Å². The van der Waals surface area contributed by atoms with Gasteiger partial charge in [0.15, 0.2) is 5.96 Å². The minimum Gasteiger partial charge on any atom is -0.370 e. The summed E-state index contributed by atoms with van der Waals surface area (Å²) in [6, 6.07) is 12.2. The van der Waals surface area contributed by atoms with E-state index in [4.69, 9.17) is 17.2 Å². The van der Waals surface area contributed by atoms with E-state index in [1.165, 1.54) is 29.2 Å². The number of non-ortho nitro benzene ring substituents is 1. The van der Waals surface area contributed by atoms with Crippen LogP contribution in [0.2, 0.25) is 0 Å². The molecule has 3 rings (SSSR count). The maximum Gasteiger partial charge on any atom is 0.269 e. The molecule has 2 aromatic rings. The molecule has 8 N–H and O–H groups in total. The molecule has 40 heavy (non-hydrogen) atoms. The van der Waals surface area contributed by atoms with E-state index < -0.39 is 34.9 Å². The Morgan fingerprint density at radius 1 is 1.07 bits per heavy atom. The number of hydrogen-bond donors (Lipinski definition) is 5. The molecule has 2 aromatic carbocycles. The Balaban J connectivity index is 1.71. The van der Waals surface area contributed by atoms with Gasteiger partial charge in [-0.05, 0) is 56.2 Å². The summed E-state index contributed by atoms with van der Waals surface area (Å²) in [6.07, 6.45) is 2.90. The summed E-state index contributed by atoms with van der Waals surface area (Å²) in [6.45, 7) is 0.644. The van der Waals surface area contributed by atoms with Gasteiger partial charge in [-0.15, -0.1) is 0 Å². The molecule has 0 bridgehead atoms. The van der Waals surface area contributed by atoms with Crippen LogP contribution in [0.4, 0.5) is 11.4 Å². The second-order valence-electron chi connectivity index (χ2n) is 9.64. The number of aliphatic imine (C=N–C) groups is 1. The molecule has 0 spiro atoms. The Bertz CT molecular complexity index is 1200. The number of anilines is 1. The first-order chi connectivity index (χ1) is 19.2. The zero-order chi connectivity index (χ0) is 29.1. The minimum absolute atomic E-state index is 0.0841. The molecule has 1 aliphatic heterocycles. The van der Waals surface area contributed by atoms with Crippen molar-refractivity contribution in [1.29, 1.82) is 0 Å². The largest absolute Gasteiger partial charge is 0.370 e. The Morgan fingerprint density at radius 3 is 2.42 bits per heavy atom. The normalized spacial score (nSPS) is 16.3. The maximum absolute atomic E-state index is 13.5. The summed E-state index contributed by atoms with van der Waals surface area (Å²) in [7, 11) is 0. The summed E-state index contributed by atoms with van der Waals surface area (Å²) >= 11 is 0. The zero-order valence-corrected chi connectivity index (χ0v) is 22.2. The van der Waals surface area contributed by atoms with E-state index in [0.717, 1.165) is 18.4 Å². The molecule has 3 atom stereocenters. The van der Waals surface area contributed by atoms with Crippen LogP contribution >= 0.6 is 0 Å². The van der Waals surface area contributed by atoms with Crippen molar-refractivity contribution in [2.24, 2.45) is 22.2 Å². The van der Waals surface area contributed by atoms with Crippen molar-refractivity contribution in [3.05, 3.63) is 70.3 Å². The highest BCUT2D eigenvalue weighted by Gasteiger charge is 2.36. The standard InChI is InChI=1S/C27H36N8O5/c28-21(17-18-7-2-1-3-8-18)26(38)34-16-5-4-10-23(34)25(37)33-22(9-6-15-31-27(29)30)24(36)32-19-11-13-20(14-12-19)35(39)40/h1-3,7-8,11-14,21-23H,4-6,9-10,15-17,28H2,(H,32,36)(H,33,37)(H4,29,30,31). The van der Waals surface area contributed by atoms with E-state index in [1.807, 2.05) is 30.3 Å². The highest BCUT2D eigenvalue weighted by Crippen LogP contribution is 2.20. The fourth-order valence-corrected chi connectivity index (χ4v) is 4.57. The number of benzene rings is 2. The van der Waals surface area contributed by atoms with Crippen LogP contribution in [0, 0.1) is 10.1 Å². The van der Waals surface area contributed by atoms with Gasteiger partial charge in [-0.3, -0.25) is 29.5 Å². The SMILES string of the molecule is NC(N)=NCCCC(NC(=O)C1CCCCN1C(=O)C(N)Cc1ccccc1)C(=O)Nc1ccc([N+](=O)[O-])cc1. The molecule has 13 heteroatoms. The number of carbonyl (C=O) groups is 3. The number of hydrogen-bond acceptors (Lipinski definition) is 7. The van der Waals surface area contributed by atoms with Crippen molar-refractivity contribution in [1.82, 2.24) is 10.2 Å². The molecule has 3 unspecified atom stereocenters. The van der Waals surface area contributed by atoms with Crippen molar-refractivity contribution in [3.63, 3.8) is 0 Å². The third-order valence-electron chi connectivity index (χ3n) is 6.63. The van der Waals surface area contributed by atoms with Crippen LogP contribution in [0.5, 0.6) is 0 Å². The molecular weight excluding hydrogens is 516 g/mol. The monoisotopic (exact) mass is 552 g/mol. The van der Waals surface area contributed by atoms with Crippen LogP contribution in [0.15, 0.2) is 59.6 Å². The summed E-state index contributed by atoms with van der Waals surface area (Å²) in [5.74, 6) is -1.37. The number of piperidine rings is 1. The van der Waals surface area contributed by atoms with Gasteiger partial charge in [0.2, 0.25) is 17.7 Å². The average molecular weight is 553 g/mol. The number of nitrogens with two attached hydrogens (primary N) is 3. The lowest BCUT2D eigenvalue weighted by Gasteiger charge is -2.37. The fourth-order valence-electron chi connectivity index (χ4n) is 4.57. The first kappa shape index (κ1) is 30.0. The lowest BCUT2D eigenvalue weighted by Crippen LogP contribution is -2.58. The molecule has 1 fully saturated rings. The molecule has 3 amide bonds. The van der Waals surface area contributed by atoms with Crippen molar-refractivity contribution in [2.45, 2.75) is 56.7 Å². The number of nitro benzene ring substituents is 1. The second-order valence-corrected chi connectivity index (χ2v) is 9.64. The molecule has 0 aliphatic carbocycles. The Kier molecular flexibility index (Phi) is 10.9. The molecule has 0 aromatic heterocycles. The number of nitrogens with zero attached hydrogens (tertiary/aromatic N) is 3. The van der Waals surface area contributed by atoms with Crippen LogP contribution < -0.4 is 27.8 Å². The molecule has 1 heterocycles. The summed E-state index contributed by atoms with van der Waals surface area (Å²) in [5.41, 5.74) is 18.2. The molecule has 1 saturated heterocycles. The summed E-state index contributed by atoms with van der Waals surface area (Å²) in [5, 5.41) is 16.4. The zero-order valence-electron chi connectivity index (χ0n) is 22.2. The van der Waals surface area contributed by atoms with Gasteiger partial charge in [-0.2, -0.15) is 0 Å². The molecule has 0 saturated carbocycles. The number of carbonyl (C=O) groups excluding carboxylic acids is 3. The lowest BCUT2D eigenvalue weighted by molar-refractivity contribution is -0.384. The van der Waals surface area contributed by atoms with Crippen LogP contribution in [0.3, 0.4) is 0 Å². The van der Waals surface area contributed by atoms with Crippen LogP contribution in [-0.2, 0) is 20.8 Å². The Labute approximate surface area is 232 Å². The van der Waals surface area contributed by atoms with Crippen LogP contribution in [-0.4, -0.2) is 64.7 Å². The number of likely N-dealkylation sites (tertiary alicyclic amines) is 1. The van der Waals surface area contributed by atoms with Crippen molar-refractivity contribution in [2.75, 3.05) is 18.4 Å². The number of nitrogens with one attached hydrogen (secondary N) is 2. The molecular formula is C27H36N8O5. The van der Waals surface area contributed by atoms with Crippen molar-refractivity contribution >= 4 is 35.1 Å². The van der Waals surface area contributed by atoms with E-state index in [9.17, 15) is 24.5 Å². The predicted molar refractivity (Wildman–Crippen MR) is 151 cm³/mol. The molecule has 0 radical (unpaired) electrons. The predicted octanol–water partition coefficient (Wildman–Crippen LogP) is 1.02. The smallest absolute Gasteiger partial charge is 0.269 e. The summed E-state index contributed by atoms with van der Waals surface area (Å²) in [4.78, 5) is 55.7. The van der Waals surface area contributed by atoms with E-state index >= 15 is 0 Å². The molecule has 1 aliphatic rings. The second kappa shape index (κ2) is 14.6. The Morgan fingerprint density at radius 2 is 1.77 bits per heavy atom. The van der Waals surface area contributed by atoms with Crippen molar-refractivity contribution < 1.29 is 19.3 Å². The van der Waals surface area contributed by atoms with Crippen LogP contribution in [0.25, 0.3) is 0 Å². The van der Waals surface area contributed by atoms with E-state index in [1.54, 1.807) is 0 Å². The van der Waals surface area contributed by atoms with Gasteiger partial charge in [0, 0.05) is 30.9 Å². The number of nitro groups is 1. The van der Waals surface area contributed by atoms with Gasteiger partial charge in [0.1, 0.15) is 12.1 Å². The Hall–Kier alpha value is -4.52. The number of guanidine groups is 1. The highest BCUT2D eigenvalue weighted by molar-refractivity contribution is 5.98. The van der Waals surface area contributed by atoms with Gasteiger partial charge in [-0.1, -0.05) is 30.3 Å². The van der Waals surface area contributed by atoms with E-state index in [2.05, 4.69) is 15.6 Å². The van der Waals surface area contributed by atoms with Gasteiger partial charge in [0.25, 0.3) is 5.69 Å². The lowest BCUT2D eigenvalue weighted by atomic mass is 9.98. The summed E-state index contributed by atoms with van der Waals surface area (Å²) < 4.78 is 0. The quantitative estimate of drug-likeness (QED) is 0.0841. The average Bonchev–Trinajstić information content (AvgIpc) is 2.94. The molecule has 214 valence electrons. The van der Waals surface area contributed by atoms with Gasteiger partial charge in [-0.25, -0.2) is 0 Å². The topological polar surface area (TPSA) is 212 Å². The van der Waals surface area contributed by atoms with Gasteiger partial charge >= 0.3 is 0 Å². The maximum atomic E-state index is 13.5. The fraction of sp³-hybridized carbons (Fsp3) is 0.407. The number of amides is 3. The first-order valence-corrected chi connectivity index (χ1v) is 13.2. The minimum atomic E-state index is -0.964. The third-order valence-corrected chi connectivity index (χ3v) is 6.63. The first-order valence-electron chi connectivity index (χ1n) is 13.2. The van der Waals surface area contributed by atoms with Crippen LogP contribution in [0.1, 0.15) is 37.7 Å². The highest BCUT2D eigenvalue weighted by atomic mass is 16.6. The molecule has 13 nitrogen and oxygen atoms in total.